The van der Waals surface area contributed by atoms with Crippen LogP contribution in [-0.4, -0.2) is 109 Å². The number of piperazine rings is 1. The van der Waals surface area contributed by atoms with Crippen molar-refractivity contribution in [1.29, 1.82) is 0 Å². The zero-order chi connectivity index (χ0) is 29.5. The number of carboxylic acids is 1. The van der Waals surface area contributed by atoms with Crippen molar-refractivity contribution in [3.63, 3.8) is 0 Å². The molecular weight excluding hydrogens is 544 g/mol. The minimum atomic E-state index is -1.06. The Kier molecular flexibility index (Phi) is 9.49. The predicted octanol–water partition coefficient (Wildman–Crippen LogP) is 1.72. The van der Waals surface area contributed by atoms with Crippen molar-refractivity contribution in [3.8, 4) is 0 Å². The molecule has 0 radical (unpaired) electrons. The topological polar surface area (TPSA) is 154 Å². The number of carbonyl (C=O) groups excluding carboxylic acids is 3. The van der Waals surface area contributed by atoms with Crippen LogP contribution < -0.4 is 15.5 Å². The molecule has 0 saturated carbocycles. The number of urea groups is 1. The first-order valence-electron chi connectivity index (χ1n) is 14.2. The van der Waals surface area contributed by atoms with Gasteiger partial charge >= 0.3 is 12.0 Å². The number of hydrogen-bond acceptors (Lipinski definition) is 8. The zero-order valence-corrected chi connectivity index (χ0v) is 23.4. The average Bonchev–Trinajstić information content (AvgIpc) is 3.57. The van der Waals surface area contributed by atoms with E-state index in [0.29, 0.717) is 76.8 Å². The van der Waals surface area contributed by atoms with Crippen LogP contribution in [0.3, 0.4) is 0 Å². The lowest BCUT2D eigenvalue weighted by molar-refractivity contribution is -0.137. The third-order valence-corrected chi connectivity index (χ3v) is 7.68. The third-order valence-electron chi connectivity index (χ3n) is 7.68. The van der Waals surface area contributed by atoms with E-state index >= 15 is 0 Å². The van der Waals surface area contributed by atoms with Crippen molar-refractivity contribution >= 4 is 35.2 Å². The lowest BCUT2D eigenvalue weighted by Crippen LogP contribution is -2.55. The number of amides is 4. The fraction of sp³-hybridized carbons (Fsp3) is 0.483. The summed E-state index contributed by atoms with van der Waals surface area (Å²) in [6, 6.07) is 7.63. The zero-order valence-electron chi connectivity index (χ0n) is 23.4. The molecule has 2 unspecified atom stereocenters. The molecule has 2 atom stereocenters. The van der Waals surface area contributed by atoms with E-state index in [4.69, 9.17) is 9.47 Å². The van der Waals surface area contributed by atoms with Gasteiger partial charge in [-0.2, -0.15) is 0 Å². The van der Waals surface area contributed by atoms with Crippen LogP contribution in [0.5, 0.6) is 0 Å². The van der Waals surface area contributed by atoms with Crippen molar-refractivity contribution in [3.05, 3.63) is 53.9 Å². The molecule has 1 aromatic carbocycles. The number of nitrogens with one attached hydrogen (secondary N) is 2. The Bertz CT molecular complexity index is 1270. The largest absolute Gasteiger partial charge is 0.481 e. The smallest absolute Gasteiger partial charge is 0.320 e. The summed E-state index contributed by atoms with van der Waals surface area (Å²) in [4.78, 5) is 60.6. The molecule has 1 aromatic heterocycles. The van der Waals surface area contributed by atoms with E-state index in [1.165, 1.54) is 6.20 Å². The Labute approximate surface area is 243 Å². The summed E-state index contributed by atoms with van der Waals surface area (Å²) in [7, 11) is 0. The summed E-state index contributed by atoms with van der Waals surface area (Å²) < 4.78 is 10.9. The number of hydrogen-bond donors (Lipinski definition) is 3. The van der Waals surface area contributed by atoms with Crippen LogP contribution in [0.4, 0.5) is 16.2 Å². The van der Waals surface area contributed by atoms with Gasteiger partial charge in [0, 0.05) is 63.8 Å². The first kappa shape index (κ1) is 29.3. The van der Waals surface area contributed by atoms with Gasteiger partial charge < -0.3 is 39.9 Å². The minimum Gasteiger partial charge on any atom is -0.481 e. The molecule has 4 amide bonds. The molecule has 13 nitrogen and oxygen atoms in total. The molecule has 0 bridgehead atoms. The van der Waals surface area contributed by atoms with E-state index in [-0.39, 0.29) is 23.9 Å². The van der Waals surface area contributed by atoms with E-state index in [1.54, 1.807) is 36.5 Å². The fourth-order valence-corrected chi connectivity index (χ4v) is 5.39. The summed E-state index contributed by atoms with van der Waals surface area (Å²) in [5, 5.41) is 15.2. The molecule has 13 heteroatoms. The summed E-state index contributed by atoms with van der Waals surface area (Å²) in [5.41, 5.74) is 2.01. The van der Waals surface area contributed by atoms with Gasteiger partial charge in [-0.1, -0.05) is 6.07 Å². The number of ether oxygens (including phenoxy) is 2. The first-order chi connectivity index (χ1) is 20.4. The van der Waals surface area contributed by atoms with Gasteiger partial charge in [0.1, 0.15) is 6.10 Å². The number of pyridine rings is 1. The van der Waals surface area contributed by atoms with E-state index in [2.05, 4.69) is 20.5 Å². The standard InChI is InChI=1S/C29H36N6O7/c36-26(37)18-22(21-3-1-7-30-19-21)31-27(38)20-5-6-24(23(17-20)32-28(39)25-4-2-14-42-25)33-8-10-34(11-9-33)29(40)35-12-15-41-16-13-35/h1,3,5-7,17,19,22,25H,2,4,8-16,18H2,(H,31,38)(H,32,39)(H,36,37). The van der Waals surface area contributed by atoms with Gasteiger partial charge in [0.05, 0.1) is 37.1 Å². The van der Waals surface area contributed by atoms with Gasteiger partial charge in [-0.25, -0.2) is 4.79 Å². The maximum absolute atomic E-state index is 13.3. The van der Waals surface area contributed by atoms with Gasteiger partial charge in [0.15, 0.2) is 0 Å². The van der Waals surface area contributed by atoms with Crippen molar-refractivity contribution in [1.82, 2.24) is 20.1 Å². The highest BCUT2D eigenvalue weighted by Gasteiger charge is 2.29. The number of morpholine rings is 1. The molecule has 42 heavy (non-hydrogen) atoms. The first-order valence-corrected chi connectivity index (χ1v) is 14.2. The summed E-state index contributed by atoms with van der Waals surface area (Å²) in [6.07, 6.45) is 3.63. The van der Waals surface area contributed by atoms with Gasteiger partial charge in [-0.05, 0) is 42.7 Å². The lowest BCUT2D eigenvalue weighted by Gasteiger charge is -2.39. The monoisotopic (exact) mass is 580 g/mol. The maximum atomic E-state index is 13.3. The second-order valence-corrected chi connectivity index (χ2v) is 10.5. The molecule has 3 aliphatic rings. The molecule has 3 aliphatic heterocycles. The van der Waals surface area contributed by atoms with Crippen molar-refractivity contribution in [2.75, 3.05) is 69.3 Å². The highest BCUT2D eigenvalue weighted by Crippen LogP contribution is 2.30. The van der Waals surface area contributed by atoms with E-state index < -0.39 is 24.0 Å². The number of aliphatic carboxylic acids is 1. The Hall–Kier alpha value is -4.23. The Morgan fingerprint density at radius 3 is 2.43 bits per heavy atom. The normalized spacial score (nSPS) is 19.7. The Morgan fingerprint density at radius 2 is 1.76 bits per heavy atom. The van der Waals surface area contributed by atoms with E-state index in [9.17, 15) is 24.3 Å². The van der Waals surface area contributed by atoms with Crippen LogP contribution >= 0.6 is 0 Å². The van der Waals surface area contributed by atoms with Crippen molar-refractivity contribution in [2.45, 2.75) is 31.4 Å². The van der Waals surface area contributed by atoms with E-state index in [0.717, 1.165) is 12.1 Å². The molecule has 4 heterocycles. The Morgan fingerprint density at radius 1 is 1.00 bits per heavy atom. The average molecular weight is 581 g/mol. The van der Waals surface area contributed by atoms with Gasteiger partial charge in [0.25, 0.3) is 11.8 Å². The molecule has 3 saturated heterocycles. The number of nitrogens with zero attached hydrogens (tertiary/aromatic N) is 4. The quantitative estimate of drug-likeness (QED) is 0.424. The van der Waals surface area contributed by atoms with Crippen LogP contribution in [0.15, 0.2) is 42.7 Å². The van der Waals surface area contributed by atoms with Crippen LogP contribution in [0, 0.1) is 0 Å². The third kappa shape index (κ3) is 7.15. The Balaban J connectivity index is 1.33. The molecular formula is C29H36N6O7. The summed E-state index contributed by atoms with van der Waals surface area (Å²) in [6.45, 7) is 4.88. The fourth-order valence-electron chi connectivity index (χ4n) is 5.39. The predicted molar refractivity (Wildman–Crippen MR) is 152 cm³/mol. The van der Waals surface area contributed by atoms with Crippen LogP contribution in [0.1, 0.15) is 41.2 Å². The number of benzene rings is 1. The number of anilines is 2. The van der Waals surface area contributed by atoms with Crippen molar-refractivity contribution < 1.29 is 33.8 Å². The molecule has 0 aliphatic carbocycles. The highest BCUT2D eigenvalue weighted by atomic mass is 16.5. The van der Waals surface area contributed by atoms with Crippen molar-refractivity contribution in [2.24, 2.45) is 0 Å². The SMILES string of the molecule is O=C(O)CC(NC(=O)c1ccc(N2CCN(C(=O)N3CCOCC3)CC2)c(NC(=O)C2CCCO2)c1)c1cccnc1. The number of rotatable bonds is 8. The molecule has 2 aromatic rings. The van der Waals surface area contributed by atoms with Gasteiger partial charge in [-0.3, -0.25) is 19.4 Å². The van der Waals surface area contributed by atoms with Gasteiger partial charge in [0.2, 0.25) is 0 Å². The second-order valence-electron chi connectivity index (χ2n) is 10.5. The van der Waals surface area contributed by atoms with Crippen LogP contribution in [0.2, 0.25) is 0 Å². The minimum absolute atomic E-state index is 0.00130. The molecule has 224 valence electrons. The summed E-state index contributed by atoms with van der Waals surface area (Å²) in [5.74, 6) is -1.83. The summed E-state index contributed by atoms with van der Waals surface area (Å²) >= 11 is 0. The highest BCUT2D eigenvalue weighted by molar-refractivity contribution is 6.01. The molecule has 3 fully saturated rings. The maximum Gasteiger partial charge on any atom is 0.320 e. The van der Waals surface area contributed by atoms with Crippen LogP contribution in [0.25, 0.3) is 0 Å². The van der Waals surface area contributed by atoms with Crippen LogP contribution in [-0.2, 0) is 19.1 Å². The number of carboxylic acid groups (broad SMARTS) is 1. The second kappa shape index (κ2) is 13.6. The number of carbonyl (C=O) groups is 4. The van der Waals surface area contributed by atoms with Gasteiger partial charge in [-0.15, -0.1) is 0 Å². The molecule has 3 N–H and O–H groups in total. The lowest BCUT2D eigenvalue weighted by atomic mass is 10.0. The molecule has 5 rings (SSSR count). The molecule has 0 spiro atoms. The van der Waals surface area contributed by atoms with E-state index in [1.807, 2.05) is 9.80 Å². The number of aromatic nitrogens is 1.